The van der Waals surface area contributed by atoms with Crippen LogP contribution in [0.15, 0.2) is 6.07 Å². The normalized spacial score (nSPS) is 19.8. The number of hydrogen-bond donors (Lipinski definition) is 0. The lowest BCUT2D eigenvalue weighted by Crippen LogP contribution is -2.61. The number of hydrogen-bond acceptors (Lipinski definition) is 4. The van der Waals surface area contributed by atoms with Crippen LogP contribution < -0.4 is 9.47 Å². The average molecular weight is 754 g/mol. The fourth-order valence-corrected chi connectivity index (χ4v) is 4.13. The van der Waals surface area contributed by atoms with E-state index >= 15 is 0 Å². The van der Waals surface area contributed by atoms with Gasteiger partial charge < -0.3 is 9.47 Å². The van der Waals surface area contributed by atoms with Crippen LogP contribution in [0.3, 0.4) is 0 Å². The molecule has 1 aliphatic carbocycles. The van der Waals surface area contributed by atoms with Gasteiger partial charge in [-0.25, -0.2) is 0 Å². The molecule has 1 heterocycles. The lowest BCUT2D eigenvalue weighted by Gasteiger charge is -2.33. The molecule has 0 spiro atoms. The minimum Gasteiger partial charge on any atom is -0.477 e. The molecule has 0 N–H and O–H groups in total. The maximum Gasteiger partial charge on any atom is 0.460 e. The Labute approximate surface area is 254 Å². The second-order valence-corrected chi connectivity index (χ2v) is 10.4. The number of halogens is 21. The monoisotopic (exact) mass is 754 g/mol. The molecule has 1 aliphatic rings. The molecule has 48 heavy (non-hydrogen) atoms. The van der Waals surface area contributed by atoms with Gasteiger partial charge in [-0.2, -0.15) is 102 Å². The minimum absolute atomic E-state index is 0.242. The summed E-state index contributed by atoms with van der Waals surface area (Å²) in [6, 6.07) is 0.242. The quantitative estimate of drug-likeness (QED) is 0.188. The summed E-state index contributed by atoms with van der Waals surface area (Å²) >= 11 is 0. The standard InChI is InChI=1S/C23H19F21N2O2/c24-15(25,18(31,32)20(35,36)22(39,40)41)5-7-47-12-9-13(46-14(45-12)10-1-3-11(4-2-10)17(28,29)30)48-8-6-16(26,27)19(33,34)21(37,38)23(42,43)44/h9-11H,1-8H2. The Bertz CT molecular complexity index is 1160. The van der Waals surface area contributed by atoms with Gasteiger partial charge in [0, 0.05) is 5.92 Å². The van der Waals surface area contributed by atoms with E-state index in [-0.39, 0.29) is 6.07 Å². The fourth-order valence-electron chi connectivity index (χ4n) is 4.13. The van der Waals surface area contributed by atoms with E-state index in [0.29, 0.717) is 0 Å². The van der Waals surface area contributed by atoms with Crippen LogP contribution in [0.5, 0.6) is 11.8 Å². The first kappa shape index (κ1) is 41.4. The van der Waals surface area contributed by atoms with Crippen molar-refractivity contribution in [2.45, 2.75) is 98.5 Å². The van der Waals surface area contributed by atoms with Crippen molar-refractivity contribution in [1.82, 2.24) is 9.97 Å². The third kappa shape index (κ3) is 8.15. The summed E-state index contributed by atoms with van der Waals surface area (Å²) in [5.41, 5.74) is 0. The number of nitrogens with zero attached hydrogens (tertiary/aromatic N) is 2. The van der Waals surface area contributed by atoms with Crippen molar-refractivity contribution in [3.05, 3.63) is 11.9 Å². The Balaban J connectivity index is 2.31. The number of aromatic nitrogens is 2. The van der Waals surface area contributed by atoms with Crippen molar-refractivity contribution in [1.29, 1.82) is 0 Å². The van der Waals surface area contributed by atoms with Gasteiger partial charge in [0.1, 0.15) is 5.82 Å². The molecule has 0 atom stereocenters. The van der Waals surface area contributed by atoms with E-state index in [9.17, 15) is 92.2 Å². The molecule has 1 saturated carbocycles. The molecule has 1 fully saturated rings. The van der Waals surface area contributed by atoms with E-state index in [1.165, 1.54) is 0 Å². The molecule has 25 heteroatoms. The van der Waals surface area contributed by atoms with Gasteiger partial charge in [-0.3, -0.25) is 0 Å². The average Bonchev–Trinajstić information content (AvgIpc) is 2.90. The topological polar surface area (TPSA) is 44.2 Å². The number of alkyl halides is 21. The Hall–Kier alpha value is -2.79. The lowest BCUT2D eigenvalue weighted by molar-refractivity contribution is -0.397. The maximum atomic E-state index is 13.8. The van der Waals surface area contributed by atoms with Gasteiger partial charge in [0.25, 0.3) is 0 Å². The van der Waals surface area contributed by atoms with Gasteiger partial charge in [-0.15, -0.1) is 0 Å². The molecule has 4 nitrogen and oxygen atoms in total. The van der Waals surface area contributed by atoms with Crippen molar-refractivity contribution >= 4 is 0 Å². The van der Waals surface area contributed by atoms with E-state index in [0.717, 1.165) is 0 Å². The first-order chi connectivity index (χ1) is 21.2. The molecule has 0 bridgehead atoms. The summed E-state index contributed by atoms with van der Waals surface area (Å²) in [5, 5.41) is 0. The van der Waals surface area contributed by atoms with Crippen molar-refractivity contribution in [2.75, 3.05) is 13.2 Å². The fraction of sp³-hybridized carbons (Fsp3) is 0.826. The van der Waals surface area contributed by atoms with Crippen LogP contribution in [0.1, 0.15) is 50.3 Å². The van der Waals surface area contributed by atoms with Crippen molar-refractivity contribution < 1.29 is 102 Å². The third-order valence-corrected chi connectivity index (χ3v) is 7.00. The molecule has 280 valence electrons. The van der Waals surface area contributed by atoms with Crippen LogP contribution >= 0.6 is 0 Å². The van der Waals surface area contributed by atoms with E-state index < -0.39 is 135 Å². The highest BCUT2D eigenvalue weighted by Crippen LogP contribution is 2.55. The molecule has 0 aromatic carbocycles. The predicted octanol–water partition coefficient (Wildman–Crippen LogP) is 9.79. The second kappa shape index (κ2) is 13.2. The number of rotatable bonds is 13. The zero-order valence-electron chi connectivity index (χ0n) is 23.0. The van der Waals surface area contributed by atoms with Gasteiger partial charge in [-0.05, 0) is 25.7 Å². The smallest absolute Gasteiger partial charge is 0.460 e. The van der Waals surface area contributed by atoms with E-state index in [1.54, 1.807) is 0 Å². The lowest BCUT2D eigenvalue weighted by atomic mass is 9.81. The van der Waals surface area contributed by atoms with Crippen LogP contribution in [-0.4, -0.2) is 77.2 Å². The zero-order valence-corrected chi connectivity index (χ0v) is 23.0. The highest BCUT2D eigenvalue weighted by molar-refractivity contribution is 5.23. The van der Waals surface area contributed by atoms with E-state index in [4.69, 9.17) is 0 Å². The third-order valence-electron chi connectivity index (χ3n) is 7.00. The molecule has 0 unspecified atom stereocenters. The maximum absolute atomic E-state index is 13.8. The Morgan fingerprint density at radius 1 is 0.500 bits per heavy atom. The Morgan fingerprint density at radius 3 is 1.12 bits per heavy atom. The molecule has 0 aliphatic heterocycles. The summed E-state index contributed by atoms with van der Waals surface area (Å²) < 4.78 is 283. The van der Waals surface area contributed by atoms with Gasteiger partial charge in [0.2, 0.25) is 11.8 Å². The van der Waals surface area contributed by atoms with Gasteiger partial charge in [-0.1, -0.05) is 0 Å². The van der Waals surface area contributed by atoms with Crippen LogP contribution in [-0.2, 0) is 0 Å². The summed E-state index contributed by atoms with van der Waals surface area (Å²) in [4.78, 5) is 7.04. The molecular formula is C23H19F21N2O2. The minimum atomic E-state index is -7.26. The Kier molecular flexibility index (Phi) is 11.3. The zero-order chi connectivity index (χ0) is 37.6. The van der Waals surface area contributed by atoms with Crippen molar-refractivity contribution in [3.63, 3.8) is 0 Å². The highest BCUT2D eigenvalue weighted by atomic mass is 19.4. The largest absolute Gasteiger partial charge is 0.477 e. The summed E-state index contributed by atoms with van der Waals surface area (Å²) in [6.45, 7) is -3.74. The van der Waals surface area contributed by atoms with Gasteiger partial charge >= 0.3 is 54.1 Å². The predicted molar refractivity (Wildman–Crippen MR) is 115 cm³/mol. The highest BCUT2D eigenvalue weighted by Gasteiger charge is 2.82. The van der Waals surface area contributed by atoms with Crippen molar-refractivity contribution in [2.24, 2.45) is 5.92 Å². The molecule has 1 aromatic heterocycles. The molecule has 1 aromatic rings. The van der Waals surface area contributed by atoms with E-state index in [2.05, 4.69) is 19.4 Å². The first-order valence-corrected chi connectivity index (χ1v) is 12.8. The molecule has 0 amide bonds. The molecule has 0 saturated heterocycles. The molecular weight excluding hydrogens is 735 g/mol. The summed E-state index contributed by atoms with van der Waals surface area (Å²) in [5.74, 6) is -46.9. The molecule has 0 radical (unpaired) electrons. The van der Waals surface area contributed by atoms with Crippen LogP contribution in [0.2, 0.25) is 0 Å². The van der Waals surface area contributed by atoms with Gasteiger partial charge in [0.05, 0.1) is 38.0 Å². The SMILES string of the molecule is FC(F)(F)C1CCC(c2nc(OCCC(F)(F)C(F)(F)C(F)(F)C(F)(F)F)cc(OCCC(F)(F)C(F)(F)C(F)(F)C(F)(F)F)n2)CC1. The van der Waals surface area contributed by atoms with Crippen LogP contribution in [0.4, 0.5) is 92.2 Å². The van der Waals surface area contributed by atoms with Gasteiger partial charge in [0.15, 0.2) is 0 Å². The van der Waals surface area contributed by atoms with Crippen LogP contribution in [0.25, 0.3) is 0 Å². The van der Waals surface area contributed by atoms with Crippen LogP contribution in [0, 0.1) is 5.92 Å². The Morgan fingerprint density at radius 2 is 0.833 bits per heavy atom. The second-order valence-electron chi connectivity index (χ2n) is 10.4. The number of ether oxygens (including phenoxy) is 2. The summed E-state index contributed by atoms with van der Waals surface area (Å²) in [6.07, 6.45) is -26.2. The summed E-state index contributed by atoms with van der Waals surface area (Å²) in [7, 11) is 0. The van der Waals surface area contributed by atoms with Crippen molar-refractivity contribution in [3.8, 4) is 11.8 Å². The first-order valence-electron chi connectivity index (χ1n) is 12.8. The molecule has 2 rings (SSSR count). The van der Waals surface area contributed by atoms with E-state index in [1.807, 2.05) is 0 Å².